The summed E-state index contributed by atoms with van der Waals surface area (Å²) in [5.41, 5.74) is 1.20. The second kappa shape index (κ2) is 6.88. The van der Waals surface area contributed by atoms with Crippen LogP contribution in [0.15, 0.2) is 24.3 Å². The number of anilines is 2. The minimum atomic E-state index is -0.401. The van der Waals surface area contributed by atoms with E-state index in [0.29, 0.717) is 17.8 Å². The Hall–Kier alpha value is -2.37. The highest BCUT2D eigenvalue weighted by atomic mass is 16.5. The maximum absolute atomic E-state index is 12.2. The van der Waals surface area contributed by atoms with E-state index in [1.54, 1.807) is 24.3 Å². The number of carbonyl (C=O) groups excluding carboxylic acids is 3. The van der Waals surface area contributed by atoms with Crippen LogP contribution in [-0.2, 0) is 19.1 Å². The fourth-order valence-corrected chi connectivity index (χ4v) is 2.07. The predicted octanol–water partition coefficient (Wildman–Crippen LogP) is 1.71. The number of amides is 2. The number of fused-ring (bicyclic) bond motifs is 1. The first kappa shape index (κ1) is 15.0. The Balaban J connectivity index is 1.99. The third-order valence-electron chi connectivity index (χ3n) is 3.16. The number of para-hydroxylation sites is 2. The van der Waals surface area contributed by atoms with E-state index in [4.69, 9.17) is 4.74 Å². The largest absolute Gasteiger partial charge is 0.456 e. The normalized spacial score (nSPS) is 13.4. The first-order valence-electron chi connectivity index (χ1n) is 6.96. The molecule has 0 spiro atoms. The van der Waals surface area contributed by atoms with Gasteiger partial charge in [0.05, 0.1) is 11.4 Å². The van der Waals surface area contributed by atoms with E-state index >= 15 is 0 Å². The van der Waals surface area contributed by atoms with Crippen molar-refractivity contribution in [2.24, 2.45) is 0 Å². The van der Waals surface area contributed by atoms with Crippen molar-refractivity contribution in [2.75, 3.05) is 23.4 Å². The van der Waals surface area contributed by atoms with Crippen molar-refractivity contribution in [2.45, 2.75) is 26.2 Å². The molecule has 0 saturated carbocycles. The summed E-state index contributed by atoms with van der Waals surface area (Å²) in [6.45, 7) is 1.56. The maximum atomic E-state index is 12.2. The number of hydrogen-bond acceptors (Lipinski definition) is 4. The minimum Gasteiger partial charge on any atom is -0.456 e. The number of benzene rings is 1. The maximum Gasteiger partial charge on any atom is 0.306 e. The number of esters is 1. The molecule has 0 radical (unpaired) electrons. The number of nitrogens with one attached hydrogen (secondary N) is 1. The fraction of sp³-hybridized carbons (Fsp3) is 0.400. The van der Waals surface area contributed by atoms with E-state index in [0.717, 1.165) is 12.8 Å². The topological polar surface area (TPSA) is 75.7 Å². The molecule has 0 saturated heterocycles. The van der Waals surface area contributed by atoms with Gasteiger partial charge in [-0.15, -0.1) is 0 Å². The molecule has 1 aliphatic rings. The first-order chi connectivity index (χ1) is 10.1. The lowest BCUT2D eigenvalue weighted by Crippen LogP contribution is -2.44. The number of hydrogen-bond donors (Lipinski definition) is 1. The Morgan fingerprint density at radius 3 is 2.86 bits per heavy atom. The van der Waals surface area contributed by atoms with Crippen molar-refractivity contribution in [3.05, 3.63) is 24.3 Å². The molecule has 2 rings (SSSR count). The van der Waals surface area contributed by atoms with Crippen LogP contribution in [0, 0.1) is 0 Å². The number of unbranched alkanes of at least 4 members (excludes halogenated alkanes) is 1. The molecular formula is C15H18N2O4. The van der Waals surface area contributed by atoms with Crippen molar-refractivity contribution in [3.8, 4) is 0 Å². The Morgan fingerprint density at radius 2 is 2.10 bits per heavy atom. The van der Waals surface area contributed by atoms with Crippen molar-refractivity contribution < 1.29 is 19.1 Å². The molecule has 0 aromatic heterocycles. The average molecular weight is 290 g/mol. The van der Waals surface area contributed by atoms with Crippen LogP contribution >= 0.6 is 0 Å². The summed E-state index contributed by atoms with van der Waals surface area (Å²) in [7, 11) is 0. The van der Waals surface area contributed by atoms with Gasteiger partial charge in [0.2, 0.25) is 5.91 Å². The lowest BCUT2D eigenvalue weighted by atomic mass is 10.2. The summed E-state index contributed by atoms with van der Waals surface area (Å²) in [4.78, 5) is 36.5. The average Bonchev–Trinajstić information content (AvgIpc) is 2.49. The van der Waals surface area contributed by atoms with E-state index in [-0.39, 0.29) is 25.0 Å². The molecule has 0 aliphatic carbocycles. The summed E-state index contributed by atoms with van der Waals surface area (Å²) in [6.07, 6.45) is 1.94. The lowest BCUT2D eigenvalue weighted by molar-refractivity contribution is -0.148. The molecular weight excluding hydrogens is 272 g/mol. The summed E-state index contributed by atoms with van der Waals surface area (Å²) < 4.78 is 4.95. The Morgan fingerprint density at radius 1 is 1.33 bits per heavy atom. The van der Waals surface area contributed by atoms with E-state index in [9.17, 15) is 14.4 Å². The fourth-order valence-electron chi connectivity index (χ4n) is 2.07. The summed E-state index contributed by atoms with van der Waals surface area (Å²) in [5.74, 6) is -1.05. The van der Waals surface area contributed by atoms with Crippen molar-refractivity contribution in [3.63, 3.8) is 0 Å². The van der Waals surface area contributed by atoms with Gasteiger partial charge >= 0.3 is 5.97 Å². The molecule has 21 heavy (non-hydrogen) atoms. The summed E-state index contributed by atoms with van der Waals surface area (Å²) >= 11 is 0. The van der Waals surface area contributed by atoms with Gasteiger partial charge in [0.25, 0.3) is 5.91 Å². The highest BCUT2D eigenvalue weighted by Gasteiger charge is 2.27. The third kappa shape index (κ3) is 3.81. The van der Waals surface area contributed by atoms with Crippen LogP contribution in [0.3, 0.4) is 0 Å². The highest BCUT2D eigenvalue weighted by Crippen LogP contribution is 2.28. The predicted molar refractivity (Wildman–Crippen MR) is 77.9 cm³/mol. The van der Waals surface area contributed by atoms with Crippen LogP contribution in [0.1, 0.15) is 26.2 Å². The number of ether oxygens (including phenoxy) is 1. The zero-order valence-electron chi connectivity index (χ0n) is 11.9. The van der Waals surface area contributed by atoms with Gasteiger partial charge in [0.1, 0.15) is 6.54 Å². The van der Waals surface area contributed by atoms with Crippen LogP contribution in [0.5, 0.6) is 0 Å². The van der Waals surface area contributed by atoms with Gasteiger partial charge in [0, 0.05) is 6.42 Å². The zero-order valence-corrected chi connectivity index (χ0v) is 11.9. The molecule has 0 bridgehead atoms. The smallest absolute Gasteiger partial charge is 0.306 e. The molecule has 2 amide bonds. The van der Waals surface area contributed by atoms with Gasteiger partial charge in [0.15, 0.2) is 6.61 Å². The quantitative estimate of drug-likeness (QED) is 0.838. The van der Waals surface area contributed by atoms with E-state index in [1.807, 2.05) is 6.92 Å². The van der Waals surface area contributed by atoms with Crippen molar-refractivity contribution in [1.82, 2.24) is 0 Å². The third-order valence-corrected chi connectivity index (χ3v) is 3.16. The van der Waals surface area contributed by atoms with Crippen LogP contribution in [0.4, 0.5) is 11.4 Å². The molecule has 0 atom stereocenters. The van der Waals surface area contributed by atoms with Crippen LogP contribution < -0.4 is 10.2 Å². The molecule has 1 aliphatic heterocycles. The second-order valence-corrected chi connectivity index (χ2v) is 4.81. The number of nitrogens with zero attached hydrogens (tertiary/aromatic N) is 1. The van der Waals surface area contributed by atoms with Crippen LogP contribution in [-0.4, -0.2) is 30.9 Å². The van der Waals surface area contributed by atoms with Crippen LogP contribution in [0.25, 0.3) is 0 Å². The molecule has 0 fully saturated rings. The summed E-state index contributed by atoms with van der Waals surface area (Å²) in [6, 6.07) is 7.02. The molecule has 6 nitrogen and oxygen atoms in total. The Bertz CT molecular complexity index is 556. The molecule has 112 valence electrons. The zero-order chi connectivity index (χ0) is 15.2. The monoisotopic (exact) mass is 290 g/mol. The molecule has 1 aromatic carbocycles. The van der Waals surface area contributed by atoms with Gasteiger partial charge in [-0.3, -0.25) is 19.3 Å². The van der Waals surface area contributed by atoms with E-state index in [1.165, 1.54) is 4.90 Å². The number of rotatable bonds is 5. The van der Waals surface area contributed by atoms with Crippen molar-refractivity contribution in [1.29, 1.82) is 0 Å². The van der Waals surface area contributed by atoms with Gasteiger partial charge in [-0.25, -0.2) is 0 Å². The van der Waals surface area contributed by atoms with E-state index in [2.05, 4.69) is 5.32 Å². The molecule has 6 heteroatoms. The second-order valence-electron chi connectivity index (χ2n) is 4.81. The van der Waals surface area contributed by atoms with E-state index < -0.39 is 5.91 Å². The highest BCUT2D eigenvalue weighted by molar-refractivity contribution is 6.10. The van der Waals surface area contributed by atoms with Gasteiger partial charge in [-0.2, -0.15) is 0 Å². The van der Waals surface area contributed by atoms with Crippen molar-refractivity contribution >= 4 is 29.2 Å². The standard InChI is InChI=1S/C15H18N2O4/c1-2-3-8-15(20)21-10-14(19)17-9-13(18)16-11-6-4-5-7-12(11)17/h4-7H,2-3,8-10H2,1H3,(H,16,18). The van der Waals surface area contributed by atoms with Gasteiger partial charge in [-0.05, 0) is 18.6 Å². The minimum absolute atomic E-state index is 0.0671. The molecule has 0 unspecified atom stereocenters. The Kier molecular flexibility index (Phi) is 4.92. The van der Waals surface area contributed by atoms with Gasteiger partial charge in [-0.1, -0.05) is 25.5 Å². The molecule has 1 heterocycles. The van der Waals surface area contributed by atoms with Crippen LogP contribution in [0.2, 0.25) is 0 Å². The lowest BCUT2D eigenvalue weighted by Gasteiger charge is -2.28. The molecule has 1 N–H and O–H groups in total. The number of carbonyl (C=O) groups is 3. The summed E-state index contributed by atoms with van der Waals surface area (Å²) in [5, 5.41) is 2.70. The first-order valence-corrected chi connectivity index (χ1v) is 6.96. The van der Waals surface area contributed by atoms with Gasteiger partial charge < -0.3 is 10.1 Å². The SMILES string of the molecule is CCCCC(=O)OCC(=O)N1CC(=O)Nc2ccccc21. The molecule has 1 aromatic rings. The Labute approximate surface area is 123 Å².